The maximum atomic E-state index is 11.8. The van der Waals surface area contributed by atoms with Gasteiger partial charge in [0.25, 0.3) is 5.91 Å². The number of carbonyl (C=O) groups is 1. The molecule has 2 N–H and O–H groups in total. The maximum absolute atomic E-state index is 11.8. The van der Waals surface area contributed by atoms with Crippen molar-refractivity contribution in [2.45, 2.75) is 6.10 Å². The summed E-state index contributed by atoms with van der Waals surface area (Å²) in [5, 5.41) is 5.97. The van der Waals surface area contributed by atoms with Gasteiger partial charge in [0, 0.05) is 22.3 Å². The van der Waals surface area contributed by atoms with Crippen molar-refractivity contribution in [3.05, 3.63) is 27.8 Å². The van der Waals surface area contributed by atoms with E-state index in [9.17, 15) is 4.79 Å². The highest BCUT2D eigenvalue weighted by Gasteiger charge is 2.21. The Morgan fingerprint density at radius 3 is 3.00 bits per heavy atom. The molecule has 1 fully saturated rings. The molecule has 0 spiro atoms. The average molecular weight is 369 g/mol. The topological polar surface area (TPSA) is 50.4 Å². The van der Waals surface area contributed by atoms with Gasteiger partial charge in [-0.2, -0.15) is 0 Å². The maximum Gasteiger partial charge on any atom is 0.254 e. The lowest BCUT2D eigenvalue weighted by Gasteiger charge is -2.22. The number of benzene rings is 1. The predicted molar refractivity (Wildman–Crippen MR) is 77.6 cm³/mol. The molecule has 1 heterocycles. The van der Waals surface area contributed by atoms with Crippen molar-refractivity contribution >= 4 is 46.6 Å². The summed E-state index contributed by atoms with van der Waals surface area (Å²) < 4.78 is 6.46. The zero-order chi connectivity index (χ0) is 11.4. The SMILES string of the molecule is Cl.O=C(Nc1cccc(I)c1)C1CNCCO1. The van der Waals surface area contributed by atoms with Gasteiger partial charge in [0.1, 0.15) is 6.10 Å². The van der Waals surface area contributed by atoms with Crippen LogP contribution in [0.4, 0.5) is 5.69 Å². The monoisotopic (exact) mass is 368 g/mol. The van der Waals surface area contributed by atoms with Crippen molar-refractivity contribution in [3.8, 4) is 0 Å². The van der Waals surface area contributed by atoms with Crippen LogP contribution in [-0.4, -0.2) is 31.7 Å². The second-order valence-electron chi connectivity index (χ2n) is 3.56. The zero-order valence-corrected chi connectivity index (χ0v) is 12.1. The van der Waals surface area contributed by atoms with Crippen LogP contribution < -0.4 is 10.6 Å². The molecule has 1 aliphatic heterocycles. The van der Waals surface area contributed by atoms with Crippen LogP contribution in [0.25, 0.3) is 0 Å². The number of hydrogen-bond donors (Lipinski definition) is 2. The standard InChI is InChI=1S/C11H13IN2O2.ClH/c12-8-2-1-3-9(6-8)14-11(15)10-7-13-4-5-16-10;/h1-3,6,10,13H,4-5,7H2,(H,14,15);1H. The van der Waals surface area contributed by atoms with Crippen molar-refractivity contribution in [2.75, 3.05) is 25.0 Å². The minimum absolute atomic E-state index is 0. The van der Waals surface area contributed by atoms with Gasteiger partial charge in [0.2, 0.25) is 0 Å². The molecule has 1 unspecified atom stereocenters. The van der Waals surface area contributed by atoms with E-state index >= 15 is 0 Å². The Morgan fingerprint density at radius 1 is 1.53 bits per heavy atom. The van der Waals surface area contributed by atoms with E-state index in [0.717, 1.165) is 15.8 Å². The van der Waals surface area contributed by atoms with Gasteiger partial charge in [-0.05, 0) is 40.8 Å². The summed E-state index contributed by atoms with van der Waals surface area (Å²) in [4.78, 5) is 11.8. The third kappa shape index (κ3) is 4.42. The second kappa shape index (κ2) is 7.15. The molecule has 94 valence electrons. The average Bonchev–Trinajstić information content (AvgIpc) is 2.30. The van der Waals surface area contributed by atoms with E-state index in [1.54, 1.807) is 0 Å². The molecule has 1 atom stereocenters. The molecule has 1 aromatic rings. The minimum atomic E-state index is -0.383. The number of hydrogen-bond acceptors (Lipinski definition) is 3. The summed E-state index contributed by atoms with van der Waals surface area (Å²) in [5.74, 6) is -0.0887. The van der Waals surface area contributed by atoms with Crippen LogP contribution in [0.15, 0.2) is 24.3 Å². The van der Waals surface area contributed by atoms with Crippen molar-refractivity contribution < 1.29 is 9.53 Å². The summed E-state index contributed by atoms with van der Waals surface area (Å²) in [6, 6.07) is 7.69. The fourth-order valence-electron chi connectivity index (χ4n) is 1.52. The van der Waals surface area contributed by atoms with E-state index in [1.165, 1.54) is 0 Å². The lowest BCUT2D eigenvalue weighted by atomic mass is 10.2. The normalized spacial score (nSPS) is 19.2. The van der Waals surface area contributed by atoms with Gasteiger partial charge in [-0.15, -0.1) is 12.4 Å². The van der Waals surface area contributed by atoms with Crippen LogP contribution in [0, 0.1) is 3.57 Å². The first-order chi connectivity index (χ1) is 7.75. The fraction of sp³-hybridized carbons (Fsp3) is 0.364. The molecular weight excluding hydrogens is 354 g/mol. The molecule has 1 aliphatic rings. The molecule has 0 saturated carbocycles. The Morgan fingerprint density at radius 2 is 2.35 bits per heavy atom. The molecule has 4 nitrogen and oxygen atoms in total. The Bertz CT molecular complexity index is 383. The summed E-state index contributed by atoms with van der Waals surface area (Å²) in [7, 11) is 0. The highest BCUT2D eigenvalue weighted by Crippen LogP contribution is 2.13. The van der Waals surface area contributed by atoms with E-state index in [0.29, 0.717) is 13.2 Å². The summed E-state index contributed by atoms with van der Waals surface area (Å²) in [6.45, 7) is 1.98. The smallest absolute Gasteiger partial charge is 0.254 e. The van der Waals surface area contributed by atoms with Crippen LogP contribution in [0.2, 0.25) is 0 Å². The molecule has 6 heteroatoms. The quantitative estimate of drug-likeness (QED) is 0.781. The number of nitrogens with one attached hydrogen (secondary N) is 2. The van der Waals surface area contributed by atoms with Gasteiger partial charge in [-0.25, -0.2) is 0 Å². The number of halogens is 2. The largest absolute Gasteiger partial charge is 0.366 e. The van der Waals surface area contributed by atoms with Crippen LogP contribution in [0.3, 0.4) is 0 Å². The first-order valence-corrected chi connectivity index (χ1v) is 6.22. The zero-order valence-electron chi connectivity index (χ0n) is 9.11. The van der Waals surface area contributed by atoms with E-state index in [4.69, 9.17) is 4.74 Å². The summed E-state index contributed by atoms with van der Waals surface area (Å²) in [6.07, 6.45) is -0.383. The van der Waals surface area contributed by atoms with Gasteiger partial charge in [-0.3, -0.25) is 4.79 Å². The lowest BCUT2D eigenvalue weighted by Crippen LogP contribution is -2.45. The Balaban J connectivity index is 0.00000144. The molecule has 17 heavy (non-hydrogen) atoms. The van der Waals surface area contributed by atoms with Crippen molar-refractivity contribution in [1.29, 1.82) is 0 Å². The molecule has 0 bridgehead atoms. The number of carbonyl (C=O) groups excluding carboxylic acids is 1. The fourth-order valence-corrected chi connectivity index (χ4v) is 2.07. The van der Waals surface area contributed by atoms with Crippen molar-refractivity contribution in [1.82, 2.24) is 5.32 Å². The molecule has 0 aliphatic carbocycles. The van der Waals surface area contributed by atoms with E-state index in [2.05, 4.69) is 33.2 Å². The summed E-state index contributed by atoms with van der Waals surface area (Å²) >= 11 is 2.21. The van der Waals surface area contributed by atoms with Gasteiger partial charge in [-0.1, -0.05) is 6.07 Å². The highest BCUT2D eigenvalue weighted by molar-refractivity contribution is 14.1. The lowest BCUT2D eigenvalue weighted by molar-refractivity contribution is -0.128. The third-order valence-corrected chi connectivity index (χ3v) is 2.98. The Labute approximate surface area is 120 Å². The second-order valence-corrected chi connectivity index (χ2v) is 4.81. The van der Waals surface area contributed by atoms with E-state index in [1.807, 2.05) is 24.3 Å². The highest BCUT2D eigenvalue weighted by atomic mass is 127. The van der Waals surface area contributed by atoms with Crippen LogP contribution in [-0.2, 0) is 9.53 Å². The van der Waals surface area contributed by atoms with Gasteiger partial charge < -0.3 is 15.4 Å². The van der Waals surface area contributed by atoms with Gasteiger partial charge in [0.15, 0.2) is 0 Å². The summed E-state index contributed by atoms with van der Waals surface area (Å²) in [5.41, 5.74) is 0.811. The van der Waals surface area contributed by atoms with Crippen LogP contribution in [0.5, 0.6) is 0 Å². The minimum Gasteiger partial charge on any atom is -0.366 e. The van der Waals surface area contributed by atoms with Gasteiger partial charge >= 0.3 is 0 Å². The number of rotatable bonds is 2. The first kappa shape index (κ1) is 14.7. The molecular formula is C11H14ClIN2O2. The molecule has 0 aromatic heterocycles. The van der Waals surface area contributed by atoms with Crippen LogP contribution in [0.1, 0.15) is 0 Å². The molecule has 1 aromatic carbocycles. The molecule has 0 radical (unpaired) electrons. The number of amides is 1. The number of morpholine rings is 1. The number of anilines is 1. The van der Waals surface area contributed by atoms with Gasteiger partial charge in [0.05, 0.1) is 6.61 Å². The molecule has 1 saturated heterocycles. The third-order valence-electron chi connectivity index (χ3n) is 2.31. The van der Waals surface area contributed by atoms with E-state index < -0.39 is 0 Å². The predicted octanol–water partition coefficient (Wildman–Crippen LogP) is 1.64. The Hall–Kier alpha value is -0.370. The van der Waals surface area contributed by atoms with E-state index in [-0.39, 0.29) is 24.4 Å². The van der Waals surface area contributed by atoms with Crippen molar-refractivity contribution in [3.63, 3.8) is 0 Å². The first-order valence-electron chi connectivity index (χ1n) is 5.14. The molecule has 2 rings (SSSR count). The van der Waals surface area contributed by atoms with Crippen LogP contribution >= 0.6 is 35.0 Å². The van der Waals surface area contributed by atoms with Crippen molar-refractivity contribution in [2.24, 2.45) is 0 Å². The molecule has 1 amide bonds. The number of ether oxygens (including phenoxy) is 1. The Kier molecular flexibility index (Phi) is 6.18.